The van der Waals surface area contributed by atoms with Crippen LogP contribution in [-0.4, -0.2) is 33.0 Å². The lowest BCUT2D eigenvalue weighted by molar-refractivity contribution is -0.121. The van der Waals surface area contributed by atoms with Crippen LogP contribution >= 0.6 is 15.9 Å². The third kappa shape index (κ3) is 4.22. The van der Waals surface area contributed by atoms with Crippen LogP contribution in [0.15, 0.2) is 0 Å². The minimum absolute atomic E-state index is 0.0922. The molecule has 0 aliphatic carbocycles. The van der Waals surface area contributed by atoms with Crippen LogP contribution in [0.5, 0.6) is 0 Å². The molecule has 0 spiro atoms. The summed E-state index contributed by atoms with van der Waals surface area (Å²) >= 11 is 3.21. The molecule has 0 unspecified atom stereocenters. The summed E-state index contributed by atoms with van der Waals surface area (Å²) in [7, 11) is -0.640. The van der Waals surface area contributed by atoms with Crippen LogP contribution in [0.4, 0.5) is 0 Å². The van der Waals surface area contributed by atoms with E-state index in [2.05, 4.69) is 21.2 Å². The van der Waals surface area contributed by atoms with Crippen molar-refractivity contribution < 1.29 is 9.00 Å². The van der Waals surface area contributed by atoms with E-state index in [-0.39, 0.29) is 11.9 Å². The van der Waals surface area contributed by atoms with Gasteiger partial charge in [-0.3, -0.25) is 9.00 Å². The maximum absolute atomic E-state index is 11.2. The van der Waals surface area contributed by atoms with Gasteiger partial charge in [0.1, 0.15) is 0 Å². The monoisotopic (exact) mass is 267 g/mol. The summed E-state index contributed by atoms with van der Waals surface area (Å²) in [6, 6.07) is 0.254. The first-order valence-corrected chi connectivity index (χ1v) is 7.03. The molecule has 0 saturated carbocycles. The van der Waals surface area contributed by atoms with Crippen molar-refractivity contribution in [3.63, 3.8) is 0 Å². The Hall–Kier alpha value is 0.1000. The lowest BCUT2D eigenvalue weighted by Crippen LogP contribution is -2.39. The van der Waals surface area contributed by atoms with E-state index < -0.39 is 10.8 Å². The molecule has 1 rings (SSSR count). The van der Waals surface area contributed by atoms with E-state index in [1.54, 1.807) is 0 Å². The number of hydrogen-bond acceptors (Lipinski definition) is 2. The number of rotatable bonds is 3. The lowest BCUT2D eigenvalue weighted by Gasteiger charge is -2.22. The quantitative estimate of drug-likeness (QED) is 0.769. The standard InChI is InChI=1S/C8H14BrNO2S/c9-4-1-8(11)10-7-2-5-13(12)6-3-7/h7H,1-6H2,(H,10,11). The summed E-state index contributed by atoms with van der Waals surface area (Å²) in [6.07, 6.45) is 2.25. The Morgan fingerprint density at radius 2 is 2.08 bits per heavy atom. The number of halogens is 1. The van der Waals surface area contributed by atoms with E-state index in [9.17, 15) is 9.00 Å². The molecular weight excluding hydrogens is 254 g/mol. The number of amides is 1. The molecule has 3 nitrogen and oxygen atoms in total. The molecule has 5 heteroatoms. The third-order valence-corrected chi connectivity index (χ3v) is 3.85. The van der Waals surface area contributed by atoms with Gasteiger partial charge in [0.2, 0.25) is 5.91 Å². The van der Waals surface area contributed by atoms with Crippen molar-refractivity contribution in [1.82, 2.24) is 5.32 Å². The Morgan fingerprint density at radius 3 is 2.62 bits per heavy atom. The molecule has 1 aliphatic rings. The maximum Gasteiger partial charge on any atom is 0.221 e. The number of carbonyl (C=O) groups excluding carboxylic acids is 1. The van der Waals surface area contributed by atoms with Crippen molar-refractivity contribution in [3.8, 4) is 0 Å². The average Bonchev–Trinajstić information content (AvgIpc) is 2.09. The van der Waals surface area contributed by atoms with Gasteiger partial charge in [-0.05, 0) is 12.8 Å². The highest BCUT2D eigenvalue weighted by atomic mass is 79.9. The van der Waals surface area contributed by atoms with E-state index >= 15 is 0 Å². The number of alkyl halides is 1. The Kier molecular flexibility index (Phi) is 4.94. The highest BCUT2D eigenvalue weighted by Gasteiger charge is 2.18. The smallest absolute Gasteiger partial charge is 0.221 e. The molecule has 1 amide bonds. The predicted molar refractivity (Wildman–Crippen MR) is 57.5 cm³/mol. The van der Waals surface area contributed by atoms with Crippen molar-refractivity contribution in [2.75, 3.05) is 16.8 Å². The predicted octanol–water partition coefficient (Wildman–Crippen LogP) is 0.799. The van der Waals surface area contributed by atoms with Gasteiger partial charge < -0.3 is 5.32 Å². The zero-order valence-electron chi connectivity index (χ0n) is 7.42. The van der Waals surface area contributed by atoms with E-state index in [0.29, 0.717) is 11.8 Å². The molecule has 0 atom stereocenters. The van der Waals surface area contributed by atoms with Gasteiger partial charge in [-0.1, -0.05) is 15.9 Å². The lowest BCUT2D eigenvalue weighted by atomic mass is 10.1. The second-order valence-corrected chi connectivity index (χ2v) is 5.62. The molecule has 0 aromatic carbocycles. The summed E-state index contributed by atoms with van der Waals surface area (Å²) in [5, 5.41) is 3.64. The zero-order chi connectivity index (χ0) is 9.68. The normalized spacial score (nSPS) is 28.4. The Labute approximate surface area is 89.2 Å². The molecular formula is C8H14BrNO2S. The van der Waals surface area contributed by atoms with Gasteiger partial charge in [0.15, 0.2) is 0 Å². The fraction of sp³-hybridized carbons (Fsp3) is 0.875. The fourth-order valence-corrected chi connectivity index (χ4v) is 2.98. The van der Waals surface area contributed by atoms with Crippen LogP contribution in [0.1, 0.15) is 19.3 Å². The number of hydrogen-bond donors (Lipinski definition) is 1. The Balaban J connectivity index is 2.22. The molecule has 1 aliphatic heterocycles. The summed E-state index contributed by atoms with van der Waals surface area (Å²) < 4.78 is 11.0. The SMILES string of the molecule is O=C(CCBr)NC1CCS(=O)CC1. The average molecular weight is 268 g/mol. The van der Waals surface area contributed by atoms with E-state index in [0.717, 1.165) is 24.3 Å². The number of carbonyl (C=O) groups is 1. The van der Waals surface area contributed by atoms with Gasteiger partial charge in [0.05, 0.1) is 0 Å². The van der Waals surface area contributed by atoms with E-state index in [4.69, 9.17) is 0 Å². The molecule has 1 saturated heterocycles. The van der Waals surface area contributed by atoms with Crippen LogP contribution in [-0.2, 0) is 15.6 Å². The molecule has 0 aromatic heterocycles. The molecule has 0 radical (unpaired) electrons. The van der Waals surface area contributed by atoms with Crippen molar-refractivity contribution >= 4 is 32.6 Å². The fourth-order valence-electron chi connectivity index (χ4n) is 1.32. The largest absolute Gasteiger partial charge is 0.353 e. The molecule has 13 heavy (non-hydrogen) atoms. The summed E-state index contributed by atoms with van der Waals surface area (Å²) in [5.74, 6) is 1.56. The minimum atomic E-state index is -0.640. The zero-order valence-corrected chi connectivity index (χ0v) is 9.83. The number of nitrogens with one attached hydrogen (secondary N) is 1. The van der Waals surface area contributed by atoms with Gasteiger partial charge in [-0.15, -0.1) is 0 Å². The van der Waals surface area contributed by atoms with Crippen LogP contribution in [0.3, 0.4) is 0 Å². The molecule has 1 N–H and O–H groups in total. The second-order valence-electron chi connectivity index (χ2n) is 3.13. The first-order chi connectivity index (χ1) is 6.22. The molecule has 0 bridgehead atoms. The molecule has 76 valence electrons. The minimum Gasteiger partial charge on any atom is -0.353 e. The van der Waals surface area contributed by atoms with Gasteiger partial charge in [0.25, 0.3) is 0 Å². The highest BCUT2D eigenvalue weighted by molar-refractivity contribution is 9.09. The third-order valence-electron chi connectivity index (χ3n) is 2.07. The van der Waals surface area contributed by atoms with Crippen LogP contribution in [0.2, 0.25) is 0 Å². The van der Waals surface area contributed by atoms with Crippen LogP contribution < -0.4 is 5.32 Å². The van der Waals surface area contributed by atoms with Crippen LogP contribution in [0, 0.1) is 0 Å². The van der Waals surface area contributed by atoms with Crippen molar-refractivity contribution in [2.45, 2.75) is 25.3 Å². The first kappa shape index (κ1) is 11.2. The summed E-state index contributed by atoms with van der Waals surface area (Å²) in [4.78, 5) is 11.2. The van der Waals surface area contributed by atoms with Crippen molar-refractivity contribution in [2.24, 2.45) is 0 Å². The highest BCUT2D eigenvalue weighted by Crippen LogP contribution is 2.09. The molecule has 1 fully saturated rings. The summed E-state index contributed by atoms with van der Waals surface area (Å²) in [6.45, 7) is 0. The van der Waals surface area contributed by atoms with Gasteiger partial charge in [0, 0.05) is 40.1 Å². The van der Waals surface area contributed by atoms with E-state index in [1.807, 2.05) is 0 Å². The molecule has 0 aromatic rings. The second kappa shape index (κ2) is 5.75. The van der Waals surface area contributed by atoms with Gasteiger partial charge in [-0.2, -0.15) is 0 Å². The van der Waals surface area contributed by atoms with Gasteiger partial charge >= 0.3 is 0 Å². The van der Waals surface area contributed by atoms with Gasteiger partial charge in [-0.25, -0.2) is 0 Å². The van der Waals surface area contributed by atoms with Crippen molar-refractivity contribution in [1.29, 1.82) is 0 Å². The maximum atomic E-state index is 11.2. The van der Waals surface area contributed by atoms with Crippen molar-refractivity contribution in [3.05, 3.63) is 0 Å². The molecule has 1 heterocycles. The first-order valence-electron chi connectivity index (χ1n) is 4.42. The van der Waals surface area contributed by atoms with E-state index in [1.165, 1.54) is 0 Å². The topological polar surface area (TPSA) is 46.2 Å². The van der Waals surface area contributed by atoms with Crippen LogP contribution in [0.25, 0.3) is 0 Å². The Bertz CT molecular complexity index is 200. The Morgan fingerprint density at radius 1 is 1.46 bits per heavy atom. The summed E-state index contributed by atoms with van der Waals surface area (Å²) in [5.41, 5.74) is 0.